The van der Waals surface area contributed by atoms with E-state index in [1.807, 2.05) is 30.3 Å². The van der Waals surface area contributed by atoms with E-state index in [1.165, 1.54) is 0 Å². The van der Waals surface area contributed by atoms with E-state index in [9.17, 15) is 9.59 Å². The number of carbonyl (C=O) groups excluding carboxylic acids is 2. The van der Waals surface area contributed by atoms with Crippen LogP contribution in [0.15, 0.2) is 40.1 Å². The summed E-state index contributed by atoms with van der Waals surface area (Å²) < 4.78 is 6.26. The highest BCUT2D eigenvalue weighted by Gasteiger charge is 2.36. The van der Waals surface area contributed by atoms with Crippen molar-refractivity contribution in [3.8, 4) is 0 Å². The summed E-state index contributed by atoms with van der Waals surface area (Å²) in [6, 6.07) is 9.41. The summed E-state index contributed by atoms with van der Waals surface area (Å²) in [6.45, 7) is 0. The number of Topliss-reactive ketones (excluding diaryl/α,β-unsaturated/α-hetero) is 1. The normalized spacial score (nSPS) is 23.7. The largest absolute Gasteiger partial charge is 0.453 e. The van der Waals surface area contributed by atoms with Crippen LogP contribution in [0, 0.1) is 0 Å². The first-order valence-electron chi connectivity index (χ1n) is 6.04. The second kappa shape index (κ2) is 5.43. The zero-order chi connectivity index (χ0) is 13.2. The Balaban J connectivity index is 1.86. The van der Waals surface area contributed by atoms with E-state index in [1.54, 1.807) is 23.5 Å². The van der Waals surface area contributed by atoms with Crippen molar-refractivity contribution in [2.45, 2.75) is 12.5 Å². The number of hydrogen-bond acceptors (Lipinski definition) is 5. The summed E-state index contributed by atoms with van der Waals surface area (Å²) in [6.07, 6.45) is -0.197. The number of cyclic esters (lactones) is 1. The van der Waals surface area contributed by atoms with Crippen LogP contribution in [0.2, 0.25) is 0 Å². The summed E-state index contributed by atoms with van der Waals surface area (Å²) in [7, 11) is 0. The van der Waals surface area contributed by atoms with E-state index in [0.29, 0.717) is 0 Å². The Morgan fingerprint density at radius 1 is 1.05 bits per heavy atom. The van der Waals surface area contributed by atoms with E-state index < -0.39 is 12.1 Å². The van der Waals surface area contributed by atoms with Crippen molar-refractivity contribution in [2.75, 3.05) is 11.5 Å². The van der Waals surface area contributed by atoms with Gasteiger partial charge in [0, 0.05) is 11.5 Å². The predicted octanol–water partition coefficient (Wildman–Crippen LogP) is 2.94. The van der Waals surface area contributed by atoms with Crippen molar-refractivity contribution in [1.29, 1.82) is 0 Å². The fourth-order valence-corrected chi connectivity index (χ4v) is 4.67. The molecule has 0 aliphatic carbocycles. The third kappa shape index (κ3) is 2.58. The highest BCUT2D eigenvalue weighted by Crippen LogP contribution is 2.42. The lowest BCUT2D eigenvalue weighted by atomic mass is 9.98. The maximum Gasteiger partial charge on any atom is 0.344 e. The molecule has 0 aromatic heterocycles. The van der Waals surface area contributed by atoms with Gasteiger partial charge in [0.05, 0.1) is 10.7 Å². The van der Waals surface area contributed by atoms with E-state index >= 15 is 0 Å². The third-order valence-electron chi connectivity index (χ3n) is 3.03. The first kappa shape index (κ1) is 12.8. The molecule has 5 heteroatoms. The van der Waals surface area contributed by atoms with Crippen molar-refractivity contribution in [1.82, 2.24) is 0 Å². The number of carbonyl (C=O) groups is 2. The molecular formula is C14H12O3S2. The molecule has 2 fully saturated rings. The van der Waals surface area contributed by atoms with Gasteiger partial charge in [-0.2, -0.15) is 0 Å². The van der Waals surface area contributed by atoms with Crippen LogP contribution < -0.4 is 0 Å². The Morgan fingerprint density at radius 3 is 2.37 bits per heavy atom. The fraction of sp³-hybridized carbons (Fsp3) is 0.286. The zero-order valence-corrected chi connectivity index (χ0v) is 11.8. The number of ether oxygens (including phenoxy) is 1. The lowest BCUT2D eigenvalue weighted by Gasteiger charge is -2.24. The Morgan fingerprint density at radius 2 is 1.74 bits per heavy atom. The van der Waals surface area contributed by atoms with Crippen molar-refractivity contribution < 1.29 is 14.3 Å². The minimum absolute atomic E-state index is 0.0954. The van der Waals surface area contributed by atoms with Crippen LogP contribution in [0.3, 0.4) is 0 Å². The predicted molar refractivity (Wildman–Crippen MR) is 76.8 cm³/mol. The minimum Gasteiger partial charge on any atom is -0.453 e. The van der Waals surface area contributed by atoms with Crippen LogP contribution in [-0.2, 0) is 14.3 Å². The van der Waals surface area contributed by atoms with Crippen molar-refractivity contribution in [2.24, 2.45) is 0 Å². The lowest BCUT2D eigenvalue weighted by molar-refractivity contribution is -0.151. The highest BCUT2D eigenvalue weighted by molar-refractivity contribution is 8.25. The molecule has 19 heavy (non-hydrogen) atoms. The van der Waals surface area contributed by atoms with Crippen molar-refractivity contribution >= 4 is 35.3 Å². The maximum absolute atomic E-state index is 12.2. The first-order chi connectivity index (χ1) is 9.25. The number of esters is 1. The molecule has 2 aliphatic heterocycles. The van der Waals surface area contributed by atoms with Crippen LogP contribution in [0.5, 0.6) is 0 Å². The standard InChI is InChI=1S/C14H12O3S2/c15-10-8-11(9-4-2-1-3-5-9)17-13(16)12(10)14-18-6-7-19-14/h1-5,11H,6-8H2. The van der Waals surface area contributed by atoms with Gasteiger partial charge < -0.3 is 4.74 Å². The molecule has 1 unspecified atom stereocenters. The van der Waals surface area contributed by atoms with Gasteiger partial charge in [-0.25, -0.2) is 4.79 Å². The van der Waals surface area contributed by atoms with Gasteiger partial charge in [0.1, 0.15) is 11.7 Å². The Bertz CT molecular complexity index is 523. The molecule has 0 radical (unpaired) electrons. The molecule has 0 N–H and O–H groups in total. The van der Waals surface area contributed by atoms with Gasteiger partial charge in [-0.1, -0.05) is 30.3 Å². The van der Waals surface area contributed by atoms with Crippen molar-refractivity contribution in [3.63, 3.8) is 0 Å². The van der Waals surface area contributed by atoms with Gasteiger partial charge >= 0.3 is 5.97 Å². The van der Waals surface area contributed by atoms with Crippen LogP contribution in [0.1, 0.15) is 18.1 Å². The van der Waals surface area contributed by atoms with Gasteiger partial charge in [0.25, 0.3) is 0 Å². The van der Waals surface area contributed by atoms with Crippen LogP contribution >= 0.6 is 23.5 Å². The SMILES string of the molecule is O=C1CC(c2ccccc2)OC(=O)C1=C1SCCS1. The average molecular weight is 292 g/mol. The summed E-state index contributed by atoms with van der Waals surface area (Å²) >= 11 is 3.15. The Labute approximate surface area is 119 Å². The molecule has 0 amide bonds. The summed E-state index contributed by atoms with van der Waals surface area (Å²) in [5.41, 5.74) is 1.14. The Hall–Kier alpha value is -1.20. The van der Waals surface area contributed by atoms with Crippen LogP contribution in [0.25, 0.3) is 0 Å². The molecule has 2 saturated heterocycles. The topological polar surface area (TPSA) is 43.4 Å². The smallest absolute Gasteiger partial charge is 0.344 e. The van der Waals surface area contributed by atoms with E-state index in [2.05, 4.69) is 0 Å². The lowest BCUT2D eigenvalue weighted by Crippen LogP contribution is -2.27. The first-order valence-corrected chi connectivity index (χ1v) is 8.02. The minimum atomic E-state index is -0.470. The molecule has 2 aliphatic rings. The molecule has 1 aromatic rings. The summed E-state index contributed by atoms with van der Waals surface area (Å²) in [5.74, 6) is 1.34. The number of thioether (sulfide) groups is 2. The number of benzene rings is 1. The third-order valence-corrected chi connectivity index (χ3v) is 5.74. The molecule has 2 heterocycles. The molecule has 0 saturated carbocycles. The molecule has 3 rings (SSSR count). The second-order valence-corrected chi connectivity index (χ2v) is 6.76. The molecule has 0 spiro atoms. The monoisotopic (exact) mass is 292 g/mol. The quantitative estimate of drug-likeness (QED) is 0.452. The molecule has 1 aromatic carbocycles. The fourth-order valence-electron chi connectivity index (χ4n) is 2.12. The summed E-state index contributed by atoms with van der Waals surface area (Å²) in [4.78, 5) is 24.2. The Kier molecular flexibility index (Phi) is 3.66. The van der Waals surface area contributed by atoms with E-state index in [-0.39, 0.29) is 17.8 Å². The zero-order valence-electron chi connectivity index (χ0n) is 10.1. The average Bonchev–Trinajstić information content (AvgIpc) is 2.93. The number of hydrogen-bond donors (Lipinski definition) is 0. The van der Waals surface area contributed by atoms with E-state index in [4.69, 9.17) is 4.74 Å². The van der Waals surface area contributed by atoms with Crippen molar-refractivity contribution in [3.05, 3.63) is 45.7 Å². The molecule has 98 valence electrons. The van der Waals surface area contributed by atoms with Gasteiger partial charge in [-0.15, -0.1) is 23.5 Å². The van der Waals surface area contributed by atoms with Gasteiger partial charge in [0.15, 0.2) is 5.78 Å². The number of ketones is 1. The highest BCUT2D eigenvalue weighted by atomic mass is 32.2. The maximum atomic E-state index is 12.2. The molecule has 3 nitrogen and oxygen atoms in total. The van der Waals surface area contributed by atoms with Gasteiger partial charge in [-0.05, 0) is 5.56 Å². The van der Waals surface area contributed by atoms with Gasteiger partial charge in [-0.3, -0.25) is 4.79 Å². The number of rotatable bonds is 1. The molecular weight excluding hydrogens is 280 g/mol. The van der Waals surface area contributed by atoms with Gasteiger partial charge in [0.2, 0.25) is 0 Å². The van der Waals surface area contributed by atoms with Crippen LogP contribution in [0.4, 0.5) is 0 Å². The molecule has 0 bridgehead atoms. The van der Waals surface area contributed by atoms with E-state index in [0.717, 1.165) is 21.3 Å². The summed E-state index contributed by atoms with van der Waals surface area (Å²) in [5, 5.41) is 0. The molecule has 1 atom stereocenters. The second-order valence-electron chi connectivity index (χ2n) is 4.29. The van der Waals surface area contributed by atoms with Crippen LogP contribution in [-0.4, -0.2) is 23.3 Å².